The van der Waals surface area contributed by atoms with Gasteiger partial charge in [-0.2, -0.15) is 5.10 Å². The Morgan fingerprint density at radius 3 is 2.47 bits per heavy atom. The van der Waals surface area contributed by atoms with Crippen LogP contribution in [0.3, 0.4) is 0 Å². The van der Waals surface area contributed by atoms with Gasteiger partial charge in [0.1, 0.15) is 11.1 Å². The zero-order chi connectivity index (χ0) is 13.8. The van der Waals surface area contributed by atoms with Gasteiger partial charge >= 0.3 is 0 Å². The Morgan fingerprint density at radius 1 is 1.26 bits per heavy atom. The zero-order valence-electron chi connectivity index (χ0n) is 11.6. The van der Waals surface area contributed by atoms with E-state index in [4.69, 9.17) is 22.7 Å². The van der Waals surface area contributed by atoms with Crippen LogP contribution in [0.25, 0.3) is 0 Å². The lowest BCUT2D eigenvalue weighted by molar-refractivity contribution is 0.198. The van der Waals surface area contributed by atoms with Crippen molar-refractivity contribution in [2.24, 2.45) is 5.73 Å². The molecule has 0 unspecified atom stereocenters. The number of aryl methyl sites for hydroxylation is 1. The predicted molar refractivity (Wildman–Crippen MR) is 79.6 cm³/mol. The lowest BCUT2D eigenvalue weighted by Gasteiger charge is -2.18. The largest absolute Gasteiger partial charge is 0.473 e. The molecule has 0 amide bonds. The summed E-state index contributed by atoms with van der Waals surface area (Å²) in [7, 11) is 0. The Labute approximate surface area is 119 Å². The summed E-state index contributed by atoms with van der Waals surface area (Å²) in [6.07, 6.45) is 6.49. The van der Waals surface area contributed by atoms with Gasteiger partial charge in [0, 0.05) is 0 Å². The van der Waals surface area contributed by atoms with Crippen LogP contribution in [0.2, 0.25) is 0 Å². The summed E-state index contributed by atoms with van der Waals surface area (Å²) in [4.78, 5) is 0.356. The van der Waals surface area contributed by atoms with Gasteiger partial charge in [0.25, 0.3) is 0 Å². The van der Waals surface area contributed by atoms with Crippen LogP contribution in [0.15, 0.2) is 0 Å². The van der Waals surface area contributed by atoms with Crippen molar-refractivity contribution in [3.8, 4) is 5.88 Å². The first-order valence-electron chi connectivity index (χ1n) is 7.02. The van der Waals surface area contributed by atoms with E-state index in [1.165, 1.54) is 12.8 Å². The lowest BCUT2D eigenvalue weighted by Crippen LogP contribution is -2.21. The fraction of sp³-hybridized carbons (Fsp3) is 0.643. The molecule has 1 saturated carbocycles. The highest BCUT2D eigenvalue weighted by Gasteiger charge is 2.22. The molecule has 5 heteroatoms. The molecule has 0 radical (unpaired) electrons. The quantitative estimate of drug-likeness (QED) is 0.839. The van der Waals surface area contributed by atoms with Crippen LogP contribution < -0.4 is 10.5 Å². The van der Waals surface area contributed by atoms with Gasteiger partial charge in [0.2, 0.25) is 5.88 Å². The minimum Gasteiger partial charge on any atom is -0.473 e. The Bertz CT molecular complexity index is 470. The molecule has 2 N–H and O–H groups in total. The first-order valence-corrected chi connectivity index (χ1v) is 7.43. The van der Waals surface area contributed by atoms with E-state index in [1.54, 1.807) is 0 Å². The number of thiocarbonyl (C=S) groups is 1. The highest BCUT2D eigenvalue weighted by molar-refractivity contribution is 7.80. The average molecular weight is 279 g/mol. The van der Waals surface area contributed by atoms with Crippen LogP contribution in [-0.2, 0) is 12.8 Å². The number of hydrogen-bond donors (Lipinski definition) is 1. The van der Waals surface area contributed by atoms with Gasteiger partial charge in [-0.25, -0.2) is 0 Å². The third-order valence-electron chi connectivity index (χ3n) is 3.64. The van der Waals surface area contributed by atoms with Crippen LogP contribution in [0.4, 0.5) is 0 Å². The molecule has 0 spiro atoms. The summed E-state index contributed by atoms with van der Waals surface area (Å²) < 4.78 is 5.97. The molecule has 0 aliphatic heterocycles. The van der Waals surface area contributed by atoms with Crippen molar-refractivity contribution in [2.75, 3.05) is 0 Å². The molecule has 19 heavy (non-hydrogen) atoms. The monoisotopic (exact) mass is 279 g/mol. The maximum atomic E-state index is 5.97. The molecule has 0 saturated heterocycles. The molecule has 1 aromatic heterocycles. The van der Waals surface area contributed by atoms with E-state index in [-0.39, 0.29) is 6.10 Å². The van der Waals surface area contributed by atoms with Gasteiger partial charge in [-0.1, -0.05) is 26.1 Å². The maximum absolute atomic E-state index is 5.97. The van der Waals surface area contributed by atoms with Crippen LogP contribution in [0, 0.1) is 0 Å². The number of aromatic nitrogens is 2. The topological polar surface area (TPSA) is 61.0 Å². The molecule has 1 fully saturated rings. The van der Waals surface area contributed by atoms with E-state index < -0.39 is 0 Å². The SMILES string of the molecule is CCc1nnc(OC2CCCC2)c(C(N)=S)c1CC. The number of nitrogens with zero attached hydrogens (tertiary/aromatic N) is 2. The number of nitrogens with two attached hydrogens (primary N) is 1. The smallest absolute Gasteiger partial charge is 0.244 e. The molecule has 2 rings (SSSR count). The summed E-state index contributed by atoms with van der Waals surface area (Å²) in [5, 5.41) is 8.47. The fourth-order valence-electron chi connectivity index (χ4n) is 2.66. The summed E-state index contributed by atoms with van der Waals surface area (Å²) in [5.74, 6) is 0.522. The second kappa shape index (κ2) is 6.28. The van der Waals surface area contributed by atoms with Gasteiger partial charge in [-0.3, -0.25) is 0 Å². The summed E-state index contributed by atoms with van der Waals surface area (Å²) in [6.45, 7) is 4.14. The normalized spacial score (nSPS) is 15.7. The minimum atomic E-state index is 0.236. The van der Waals surface area contributed by atoms with Crippen molar-refractivity contribution >= 4 is 17.2 Å². The molecule has 0 aromatic carbocycles. The summed E-state index contributed by atoms with van der Waals surface area (Å²) >= 11 is 5.18. The number of ether oxygens (including phenoxy) is 1. The van der Waals surface area contributed by atoms with E-state index in [9.17, 15) is 0 Å². The van der Waals surface area contributed by atoms with E-state index in [2.05, 4.69) is 24.0 Å². The van der Waals surface area contributed by atoms with Gasteiger partial charge in [-0.05, 0) is 44.1 Å². The average Bonchev–Trinajstić information content (AvgIpc) is 2.90. The summed E-state index contributed by atoms with van der Waals surface area (Å²) in [6, 6.07) is 0. The molecule has 1 aliphatic carbocycles. The lowest BCUT2D eigenvalue weighted by atomic mass is 10.0. The molecular weight excluding hydrogens is 258 g/mol. The fourth-order valence-corrected chi connectivity index (χ4v) is 2.87. The second-order valence-electron chi connectivity index (χ2n) is 4.90. The Kier molecular flexibility index (Phi) is 4.69. The molecule has 0 bridgehead atoms. The Balaban J connectivity index is 2.38. The van der Waals surface area contributed by atoms with Gasteiger partial charge in [-0.15, -0.1) is 5.10 Å². The molecule has 0 atom stereocenters. The predicted octanol–water partition coefficient (Wildman–Crippen LogP) is 2.56. The number of rotatable bonds is 5. The van der Waals surface area contributed by atoms with Crippen molar-refractivity contribution in [1.29, 1.82) is 0 Å². The molecule has 1 aromatic rings. The Hall–Kier alpha value is -1.23. The Morgan fingerprint density at radius 2 is 1.95 bits per heavy atom. The highest BCUT2D eigenvalue weighted by atomic mass is 32.1. The molecule has 1 aliphatic rings. The zero-order valence-corrected chi connectivity index (χ0v) is 12.4. The molecular formula is C14H21N3OS. The third kappa shape index (κ3) is 3.03. The second-order valence-corrected chi connectivity index (χ2v) is 5.34. The van der Waals surface area contributed by atoms with E-state index in [0.717, 1.165) is 42.5 Å². The number of hydrogen-bond acceptors (Lipinski definition) is 4. The van der Waals surface area contributed by atoms with Crippen molar-refractivity contribution in [2.45, 2.75) is 58.5 Å². The van der Waals surface area contributed by atoms with Crippen LogP contribution in [0.1, 0.15) is 56.4 Å². The van der Waals surface area contributed by atoms with E-state index in [0.29, 0.717) is 10.9 Å². The van der Waals surface area contributed by atoms with Crippen molar-refractivity contribution < 1.29 is 4.74 Å². The van der Waals surface area contributed by atoms with Crippen molar-refractivity contribution in [3.05, 3.63) is 16.8 Å². The first-order chi connectivity index (χ1) is 9.17. The van der Waals surface area contributed by atoms with Crippen molar-refractivity contribution in [1.82, 2.24) is 10.2 Å². The van der Waals surface area contributed by atoms with Gasteiger partial charge in [0.05, 0.1) is 11.3 Å². The molecule has 4 nitrogen and oxygen atoms in total. The minimum absolute atomic E-state index is 0.236. The molecule has 1 heterocycles. The summed E-state index contributed by atoms with van der Waals surface area (Å²) in [5.41, 5.74) is 8.70. The molecule has 104 valence electrons. The third-order valence-corrected chi connectivity index (χ3v) is 3.84. The first kappa shape index (κ1) is 14.2. The van der Waals surface area contributed by atoms with Crippen LogP contribution >= 0.6 is 12.2 Å². The maximum Gasteiger partial charge on any atom is 0.244 e. The van der Waals surface area contributed by atoms with Gasteiger partial charge < -0.3 is 10.5 Å². The van der Waals surface area contributed by atoms with E-state index in [1.807, 2.05) is 0 Å². The van der Waals surface area contributed by atoms with E-state index >= 15 is 0 Å². The highest BCUT2D eigenvalue weighted by Crippen LogP contribution is 2.27. The van der Waals surface area contributed by atoms with Crippen molar-refractivity contribution in [3.63, 3.8) is 0 Å². The van der Waals surface area contributed by atoms with Gasteiger partial charge in [0.15, 0.2) is 0 Å². The van der Waals surface area contributed by atoms with Crippen LogP contribution in [0.5, 0.6) is 5.88 Å². The van der Waals surface area contributed by atoms with Crippen LogP contribution in [-0.4, -0.2) is 21.3 Å². The standard InChI is InChI=1S/C14H21N3OS/c1-3-10-11(4-2)16-17-14(12(10)13(15)19)18-9-7-5-6-8-9/h9H,3-8H2,1-2H3,(H2,15,19).